The first-order valence-electron chi connectivity index (χ1n) is 4.80. The summed E-state index contributed by atoms with van der Waals surface area (Å²) in [6.45, 7) is 0. The number of carbonyl (C=O) groups excluding carboxylic acids is 2. The largest absolute Gasteiger partial charge is 0.460 e. The Kier molecular flexibility index (Phi) is 1.23. The molecule has 0 aromatic heterocycles. The first kappa shape index (κ1) is 7.98. The molecule has 4 heteroatoms. The van der Waals surface area contributed by atoms with Crippen LogP contribution in [0, 0.1) is 34.5 Å². The molecular weight excluding hydrogens is 182 g/mol. The average molecular weight is 191 g/mol. The van der Waals surface area contributed by atoms with E-state index in [2.05, 4.69) is 6.07 Å². The lowest BCUT2D eigenvalue weighted by Gasteiger charge is -2.57. The molecule has 3 fully saturated rings. The van der Waals surface area contributed by atoms with E-state index < -0.39 is 5.41 Å². The van der Waals surface area contributed by atoms with Crippen molar-refractivity contribution in [3.8, 4) is 6.07 Å². The molecule has 3 rings (SSSR count). The first-order valence-corrected chi connectivity index (χ1v) is 4.80. The summed E-state index contributed by atoms with van der Waals surface area (Å²) in [6, 6.07) is 2.09. The zero-order valence-corrected chi connectivity index (χ0v) is 7.47. The van der Waals surface area contributed by atoms with Crippen LogP contribution in [0.25, 0.3) is 0 Å². The minimum atomic E-state index is -0.839. The van der Waals surface area contributed by atoms with E-state index in [1.165, 1.54) is 0 Å². The maximum Gasteiger partial charge on any atom is 0.327 e. The Balaban J connectivity index is 1.89. The Labute approximate surface area is 80.8 Å². The normalized spacial score (nSPS) is 52.1. The van der Waals surface area contributed by atoms with Crippen molar-refractivity contribution in [3.05, 3.63) is 0 Å². The van der Waals surface area contributed by atoms with Crippen molar-refractivity contribution in [1.29, 1.82) is 5.26 Å². The molecule has 4 nitrogen and oxygen atoms in total. The molecule has 0 bridgehead atoms. The topological polar surface area (TPSA) is 67.2 Å². The first-order chi connectivity index (χ1) is 6.74. The summed E-state index contributed by atoms with van der Waals surface area (Å²) in [5.74, 6) is 0.284. The minimum absolute atomic E-state index is 0.0879. The van der Waals surface area contributed by atoms with Crippen LogP contribution in [0.3, 0.4) is 0 Å². The van der Waals surface area contributed by atoms with Gasteiger partial charge in [-0.05, 0) is 12.3 Å². The van der Waals surface area contributed by atoms with Crippen LogP contribution in [0.2, 0.25) is 0 Å². The maximum atomic E-state index is 11.4. The maximum absolute atomic E-state index is 11.4. The number of nitrogens with zero attached hydrogens (tertiary/aromatic N) is 1. The van der Waals surface area contributed by atoms with Crippen LogP contribution in [0.1, 0.15) is 12.8 Å². The van der Waals surface area contributed by atoms with E-state index in [0.717, 1.165) is 6.29 Å². The molecule has 1 heterocycles. The van der Waals surface area contributed by atoms with Crippen LogP contribution in [-0.4, -0.2) is 18.4 Å². The third kappa shape index (κ3) is 0.569. The number of carbonyl (C=O) groups is 2. The van der Waals surface area contributed by atoms with Gasteiger partial charge in [-0.3, -0.25) is 4.79 Å². The number of rotatable bonds is 2. The van der Waals surface area contributed by atoms with Gasteiger partial charge in [0.2, 0.25) is 0 Å². The summed E-state index contributed by atoms with van der Waals surface area (Å²) in [7, 11) is 0. The summed E-state index contributed by atoms with van der Waals surface area (Å²) in [5, 5.41) is 8.95. The van der Waals surface area contributed by atoms with Crippen LogP contribution < -0.4 is 0 Å². The molecule has 0 radical (unpaired) electrons. The zero-order chi connectivity index (χ0) is 9.92. The molecule has 0 aromatic carbocycles. The molecule has 72 valence electrons. The summed E-state index contributed by atoms with van der Waals surface area (Å²) in [6.07, 6.45) is 1.79. The molecule has 2 saturated carbocycles. The standard InChI is InChI=1S/C10H9NO3/c11-4-10-3-6-5(1-2-12)8(7(6)10)14-9(10)13/h2,5-8H,1,3H2. The summed E-state index contributed by atoms with van der Waals surface area (Å²) in [4.78, 5) is 21.8. The van der Waals surface area contributed by atoms with Crippen molar-refractivity contribution >= 4 is 12.3 Å². The minimum Gasteiger partial charge on any atom is -0.460 e. The van der Waals surface area contributed by atoms with Gasteiger partial charge in [-0.15, -0.1) is 0 Å². The van der Waals surface area contributed by atoms with Crippen molar-refractivity contribution in [2.24, 2.45) is 23.2 Å². The second-order valence-corrected chi connectivity index (χ2v) is 4.41. The van der Waals surface area contributed by atoms with Crippen molar-refractivity contribution in [1.82, 2.24) is 0 Å². The molecule has 1 aliphatic heterocycles. The van der Waals surface area contributed by atoms with E-state index >= 15 is 0 Å². The Morgan fingerprint density at radius 3 is 3.14 bits per heavy atom. The average Bonchev–Trinajstić information content (AvgIpc) is 2.25. The Bertz CT molecular complexity index is 372. The fourth-order valence-corrected chi connectivity index (χ4v) is 3.34. The molecule has 0 N–H and O–H groups in total. The van der Waals surface area contributed by atoms with E-state index in [4.69, 9.17) is 10.00 Å². The van der Waals surface area contributed by atoms with Gasteiger partial charge >= 0.3 is 5.97 Å². The molecule has 1 saturated heterocycles. The van der Waals surface area contributed by atoms with Crippen LogP contribution >= 0.6 is 0 Å². The number of nitriles is 1. The van der Waals surface area contributed by atoms with E-state index in [0.29, 0.717) is 18.8 Å². The monoisotopic (exact) mass is 191 g/mol. The third-order valence-electron chi connectivity index (χ3n) is 4.09. The molecular formula is C10H9NO3. The Hall–Kier alpha value is -1.37. The van der Waals surface area contributed by atoms with Gasteiger partial charge in [-0.1, -0.05) is 0 Å². The van der Waals surface area contributed by atoms with Gasteiger partial charge in [-0.25, -0.2) is 0 Å². The predicted octanol–water partition coefficient (Wildman–Crippen LogP) is 0.277. The van der Waals surface area contributed by atoms with Crippen molar-refractivity contribution in [2.45, 2.75) is 18.9 Å². The van der Waals surface area contributed by atoms with E-state index in [1.807, 2.05) is 0 Å². The smallest absolute Gasteiger partial charge is 0.327 e. The third-order valence-corrected chi connectivity index (χ3v) is 4.09. The summed E-state index contributed by atoms with van der Waals surface area (Å²) in [5.41, 5.74) is -0.839. The lowest BCUT2D eigenvalue weighted by molar-refractivity contribution is -0.153. The molecule has 0 spiro atoms. The van der Waals surface area contributed by atoms with Gasteiger partial charge in [-0.2, -0.15) is 5.26 Å². The quantitative estimate of drug-likeness (QED) is 0.464. The summed E-state index contributed by atoms with van der Waals surface area (Å²) < 4.78 is 5.15. The van der Waals surface area contributed by atoms with Crippen molar-refractivity contribution < 1.29 is 14.3 Å². The second-order valence-electron chi connectivity index (χ2n) is 4.41. The fraction of sp³-hybridized carbons (Fsp3) is 0.700. The molecule has 14 heavy (non-hydrogen) atoms. The van der Waals surface area contributed by atoms with Crippen LogP contribution in [0.5, 0.6) is 0 Å². The molecule has 0 amide bonds. The molecule has 5 unspecified atom stereocenters. The highest BCUT2D eigenvalue weighted by molar-refractivity contribution is 5.86. The predicted molar refractivity (Wildman–Crippen MR) is 43.7 cm³/mol. The highest BCUT2D eigenvalue weighted by Gasteiger charge is 2.78. The highest BCUT2D eigenvalue weighted by atomic mass is 16.6. The number of hydrogen-bond donors (Lipinski definition) is 0. The van der Waals surface area contributed by atoms with Gasteiger partial charge in [0.1, 0.15) is 12.4 Å². The van der Waals surface area contributed by atoms with Crippen LogP contribution in [-0.2, 0) is 14.3 Å². The SMILES string of the molecule is N#CC12CC3C(CC=O)C(OC1=O)C32. The number of esters is 1. The molecule has 0 aromatic rings. The number of aldehydes is 1. The van der Waals surface area contributed by atoms with Gasteiger partial charge in [0.05, 0.1) is 6.07 Å². The van der Waals surface area contributed by atoms with Gasteiger partial charge in [0.15, 0.2) is 5.41 Å². The van der Waals surface area contributed by atoms with E-state index in [-0.39, 0.29) is 23.9 Å². The van der Waals surface area contributed by atoms with E-state index in [1.54, 1.807) is 0 Å². The van der Waals surface area contributed by atoms with Crippen LogP contribution in [0.4, 0.5) is 0 Å². The van der Waals surface area contributed by atoms with Crippen molar-refractivity contribution in [3.63, 3.8) is 0 Å². The second kappa shape index (κ2) is 2.17. The lowest BCUT2D eigenvalue weighted by Crippen LogP contribution is -2.63. The Morgan fingerprint density at radius 2 is 2.50 bits per heavy atom. The molecule has 2 aliphatic carbocycles. The Morgan fingerprint density at radius 1 is 1.71 bits per heavy atom. The van der Waals surface area contributed by atoms with Crippen molar-refractivity contribution in [2.75, 3.05) is 0 Å². The van der Waals surface area contributed by atoms with Gasteiger partial charge in [0.25, 0.3) is 0 Å². The summed E-state index contributed by atoms with van der Waals surface area (Å²) >= 11 is 0. The lowest BCUT2D eigenvalue weighted by atomic mass is 9.41. The van der Waals surface area contributed by atoms with Gasteiger partial charge in [0, 0.05) is 18.3 Å². The number of hydrogen-bond acceptors (Lipinski definition) is 4. The van der Waals surface area contributed by atoms with Gasteiger partial charge < -0.3 is 9.53 Å². The number of ether oxygens (including phenoxy) is 1. The van der Waals surface area contributed by atoms with E-state index in [9.17, 15) is 9.59 Å². The molecule has 3 aliphatic rings. The molecule has 5 atom stereocenters. The zero-order valence-electron chi connectivity index (χ0n) is 7.47. The van der Waals surface area contributed by atoms with Crippen LogP contribution in [0.15, 0.2) is 0 Å². The highest BCUT2D eigenvalue weighted by Crippen LogP contribution is 2.70. The fourth-order valence-electron chi connectivity index (χ4n) is 3.34.